The van der Waals surface area contributed by atoms with Crippen LogP contribution in [0.15, 0.2) is 48.5 Å². The van der Waals surface area contributed by atoms with E-state index in [-0.39, 0.29) is 30.1 Å². The van der Waals surface area contributed by atoms with Crippen molar-refractivity contribution in [3.05, 3.63) is 48.5 Å². The summed E-state index contributed by atoms with van der Waals surface area (Å²) in [5.41, 5.74) is 1.52. The molecule has 1 heterocycles. The number of hydrogen-bond donors (Lipinski definition) is 1. The van der Waals surface area contributed by atoms with Crippen LogP contribution in [0.4, 0.5) is 11.4 Å². The molecule has 1 saturated heterocycles. The summed E-state index contributed by atoms with van der Waals surface area (Å²) >= 11 is 1.70. The molecule has 0 unspecified atom stereocenters. The van der Waals surface area contributed by atoms with Gasteiger partial charge in [-0.2, -0.15) is 11.8 Å². The molecule has 3 rings (SSSR count). The second kappa shape index (κ2) is 9.69. The fourth-order valence-corrected chi connectivity index (χ4v) is 4.34. The first-order valence-electron chi connectivity index (χ1n) is 9.44. The topological polar surface area (TPSA) is 67.9 Å². The molecular weight excluding hydrogens is 388 g/mol. The molecule has 2 aromatic rings. The van der Waals surface area contributed by atoms with E-state index in [1.165, 1.54) is 0 Å². The van der Waals surface area contributed by atoms with Gasteiger partial charge in [0.05, 0.1) is 20.1 Å². The summed E-state index contributed by atoms with van der Waals surface area (Å²) in [5, 5.41) is 2.88. The Kier molecular flexibility index (Phi) is 7.04. The maximum Gasteiger partial charge on any atom is 0.231 e. The number of nitrogens with one attached hydrogen (secondary N) is 1. The van der Waals surface area contributed by atoms with Gasteiger partial charge in [0.15, 0.2) is 0 Å². The van der Waals surface area contributed by atoms with E-state index in [9.17, 15) is 9.59 Å². The molecule has 1 aliphatic rings. The molecule has 2 aromatic carbocycles. The fraction of sp³-hybridized carbons (Fsp3) is 0.364. The van der Waals surface area contributed by atoms with Gasteiger partial charge in [-0.05, 0) is 66.5 Å². The zero-order chi connectivity index (χ0) is 20.8. The lowest BCUT2D eigenvalue weighted by molar-refractivity contribution is -0.125. The molecule has 0 aromatic heterocycles. The Bertz CT molecular complexity index is 839. The molecule has 0 saturated carbocycles. The van der Waals surface area contributed by atoms with Crippen molar-refractivity contribution < 1.29 is 19.1 Å². The van der Waals surface area contributed by atoms with Crippen molar-refractivity contribution in [2.24, 2.45) is 11.8 Å². The summed E-state index contributed by atoms with van der Waals surface area (Å²) in [7, 11) is 3.21. The van der Waals surface area contributed by atoms with Crippen LogP contribution in [0.3, 0.4) is 0 Å². The van der Waals surface area contributed by atoms with E-state index in [2.05, 4.69) is 5.32 Å². The second-order valence-electron chi connectivity index (χ2n) is 6.95. The SMILES string of the molecule is COc1ccc(NC(=O)C[C@H]2C(=O)N(c3ccc(OC)cc3)C[C@@H]2CSC)cc1. The lowest BCUT2D eigenvalue weighted by Gasteiger charge is -2.17. The number of methoxy groups -OCH3 is 2. The fourth-order valence-electron chi connectivity index (χ4n) is 3.57. The van der Waals surface area contributed by atoms with Gasteiger partial charge < -0.3 is 19.7 Å². The largest absolute Gasteiger partial charge is 0.497 e. The normalized spacial score (nSPS) is 18.6. The minimum absolute atomic E-state index is 0.000835. The van der Waals surface area contributed by atoms with Crippen LogP contribution in [0.2, 0.25) is 0 Å². The van der Waals surface area contributed by atoms with E-state index in [0.29, 0.717) is 12.2 Å². The number of benzene rings is 2. The molecule has 0 aliphatic carbocycles. The molecular formula is C22H26N2O4S. The Hall–Kier alpha value is -2.67. The summed E-state index contributed by atoms with van der Waals surface area (Å²) in [6.45, 7) is 0.618. The van der Waals surface area contributed by atoms with Crippen molar-refractivity contribution in [1.29, 1.82) is 0 Å². The Balaban J connectivity index is 1.69. The van der Waals surface area contributed by atoms with Gasteiger partial charge in [-0.1, -0.05) is 0 Å². The Labute approximate surface area is 175 Å². The average molecular weight is 415 g/mol. The number of ether oxygens (including phenoxy) is 2. The summed E-state index contributed by atoms with van der Waals surface area (Å²) in [6, 6.07) is 14.6. The van der Waals surface area contributed by atoms with Crippen molar-refractivity contribution in [2.75, 3.05) is 43.0 Å². The van der Waals surface area contributed by atoms with Crippen LogP contribution in [0.25, 0.3) is 0 Å². The smallest absolute Gasteiger partial charge is 0.231 e. The molecule has 1 N–H and O–H groups in total. The third kappa shape index (κ3) is 5.03. The van der Waals surface area contributed by atoms with Gasteiger partial charge >= 0.3 is 0 Å². The highest BCUT2D eigenvalue weighted by atomic mass is 32.2. The highest BCUT2D eigenvalue weighted by Gasteiger charge is 2.41. The van der Waals surface area contributed by atoms with E-state index in [1.54, 1.807) is 55.1 Å². The second-order valence-corrected chi connectivity index (χ2v) is 7.86. The predicted octanol–water partition coefficient (Wildman–Crippen LogP) is 3.67. The summed E-state index contributed by atoms with van der Waals surface area (Å²) in [5.74, 6) is 1.94. The van der Waals surface area contributed by atoms with E-state index < -0.39 is 0 Å². The van der Waals surface area contributed by atoms with Gasteiger partial charge in [-0.3, -0.25) is 9.59 Å². The molecule has 6 nitrogen and oxygen atoms in total. The minimum Gasteiger partial charge on any atom is -0.497 e. The van der Waals surface area contributed by atoms with Gasteiger partial charge in [0.2, 0.25) is 11.8 Å². The van der Waals surface area contributed by atoms with Gasteiger partial charge in [-0.15, -0.1) is 0 Å². The predicted molar refractivity (Wildman–Crippen MR) is 117 cm³/mol. The lowest BCUT2D eigenvalue weighted by atomic mass is 9.93. The van der Waals surface area contributed by atoms with Gasteiger partial charge in [0, 0.05) is 24.3 Å². The maximum atomic E-state index is 13.1. The Morgan fingerprint density at radius 3 is 2.21 bits per heavy atom. The van der Waals surface area contributed by atoms with E-state index in [4.69, 9.17) is 9.47 Å². The molecule has 0 radical (unpaired) electrons. The third-order valence-corrected chi connectivity index (χ3v) is 5.87. The highest BCUT2D eigenvalue weighted by Crippen LogP contribution is 2.34. The number of thioether (sulfide) groups is 1. The van der Waals surface area contributed by atoms with Gasteiger partial charge in [0.1, 0.15) is 11.5 Å². The number of carbonyl (C=O) groups excluding carboxylic acids is 2. The van der Waals surface area contributed by atoms with Crippen LogP contribution in [0.1, 0.15) is 6.42 Å². The molecule has 29 heavy (non-hydrogen) atoms. The number of hydrogen-bond acceptors (Lipinski definition) is 5. The maximum absolute atomic E-state index is 13.1. The summed E-state index contributed by atoms with van der Waals surface area (Å²) in [6.07, 6.45) is 2.19. The van der Waals surface area contributed by atoms with E-state index >= 15 is 0 Å². The highest BCUT2D eigenvalue weighted by molar-refractivity contribution is 7.98. The Morgan fingerprint density at radius 2 is 1.66 bits per heavy atom. The first kappa shape index (κ1) is 21.0. The van der Waals surface area contributed by atoms with Crippen LogP contribution in [-0.4, -0.2) is 44.6 Å². The first-order valence-corrected chi connectivity index (χ1v) is 10.8. The summed E-state index contributed by atoms with van der Waals surface area (Å²) in [4.78, 5) is 27.5. The lowest BCUT2D eigenvalue weighted by Crippen LogP contribution is -2.29. The number of anilines is 2. The summed E-state index contributed by atoms with van der Waals surface area (Å²) < 4.78 is 10.3. The van der Waals surface area contributed by atoms with E-state index in [1.807, 2.05) is 30.5 Å². The molecule has 2 atom stereocenters. The molecule has 0 bridgehead atoms. The number of rotatable bonds is 8. The van der Waals surface area contributed by atoms with Crippen LogP contribution in [0.5, 0.6) is 11.5 Å². The average Bonchev–Trinajstić information content (AvgIpc) is 3.04. The zero-order valence-electron chi connectivity index (χ0n) is 16.9. The van der Waals surface area contributed by atoms with Crippen molar-refractivity contribution >= 4 is 35.0 Å². The van der Waals surface area contributed by atoms with Crippen molar-refractivity contribution in [2.45, 2.75) is 6.42 Å². The molecule has 154 valence electrons. The molecule has 1 aliphatic heterocycles. The zero-order valence-corrected chi connectivity index (χ0v) is 17.7. The quantitative estimate of drug-likeness (QED) is 0.714. The van der Waals surface area contributed by atoms with Crippen molar-refractivity contribution in [3.63, 3.8) is 0 Å². The molecule has 7 heteroatoms. The van der Waals surface area contributed by atoms with Crippen LogP contribution in [-0.2, 0) is 9.59 Å². The molecule has 0 spiro atoms. The molecule has 2 amide bonds. The third-order valence-electron chi connectivity index (χ3n) is 5.11. The first-order chi connectivity index (χ1) is 14.0. The van der Waals surface area contributed by atoms with Crippen molar-refractivity contribution in [3.8, 4) is 11.5 Å². The van der Waals surface area contributed by atoms with Gasteiger partial charge in [-0.25, -0.2) is 0 Å². The van der Waals surface area contributed by atoms with Crippen molar-refractivity contribution in [1.82, 2.24) is 0 Å². The van der Waals surface area contributed by atoms with E-state index in [0.717, 1.165) is 22.9 Å². The number of carbonyl (C=O) groups is 2. The van der Waals surface area contributed by atoms with Crippen LogP contribution in [0, 0.1) is 11.8 Å². The number of amides is 2. The van der Waals surface area contributed by atoms with Crippen LogP contribution < -0.4 is 19.7 Å². The van der Waals surface area contributed by atoms with Gasteiger partial charge in [0.25, 0.3) is 0 Å². The minimum atomic E-state index is -0.331. The number of nitrogens with zero attached hydrogens (tertiary/aromatic N) is 1. The standard InChI is InChI=1S/C22H26N2O4S/c1-27-18-8-4-16(5-9-18)23-21(25)12-20-15(14-29-3)13-24(22(20)26)17-6-10-19(28-2)11-7-17/h4-11,15,20H,12-14H2,1-3H3,(H,23,25)/t15-,20-/m1/s1. The molecule has 1 fully saturated rings. The monoisotopic (exact) mass is 414 g/mol. The van der Waals surface area contributed by atoms with Crippen LogP contribution >= 0.6 is 11.8 Å². The Morgan fingerprint density at radius 1 is 1.07 bits per heavy atom.